The van der Waals surface area contributed by atoms with Crippen molar-refractivity contribution < 1.29 is 19.5 Å². The summed E-state index contributed by atoms with van der Waals surface area (Å²) in [6.45, 7) is 2.22. The fourth-order valence-electron chi connectivity index (χ4n) is 4.58. The second-order valence-corrected chi connectivity index (χ2v) is 7.80. The number of nitrogens with one attached hydrogen (secondary N) is 1. The first-order valence-electron chi connectivity index (χ1n) is 9.79. The van der Waals surface area contributed by atoms with Crippen LogP contribution >= 0.6 is 0 Å². The van der Waals surface area contributed by atoms with Gasteiger partial charge in [0.2, 0.25) is 11.8 Å². The number of hydrogen-bond acceptors (Lipinski definition) is 3. The number of amides is 2. The van der Waals surface area contributed by atoms with Crippen LogP contribution in [0.2, 0.25) is 0 Å². The highest BCUT2D eigenvalue weighted by Crippen LogP contribution is 2.37. The van der Waals surface area contributed by atoms with E-state index < -0.39 is 17.4 Å². The first kappa shape index (κ1) is 19.4. The Morgan fingerprint density at radius 3 is 2.22 bits per heavy atom. The summed E-state index contributed by atoms with van der Waals surface area (Å²) >= 11 is 0. The van der Waals surface area contributed by atoms with Gasteiger partial charge in [-0.2, -0.15) is 0 Å². The summed E-state index contributed by atoms with van der Waals surface area (Å²) in [7, 11) is 0. The third-order valence-corrected chi connectivity index (χ3v) is 6.16. The molecular weight excluding hydrogens is 344 g/mol. The number of nitrogens with zero attached hydrogens (tertiary/aromatic N) is 1. The molecule has 1 heterocycles. The predicted octanol–water partition coefficient (Wildman–Crippen LogP) is 2.33. The van der Waals surface area contributed by atoms with Crippen LogP contribution in [0.5, 0.6) is 0 Å². The summed E-state index contributed by atoms with van der Waals surface area (Å²) in [6.07, 6.45) is 4.85. The molecule has 0 bridgehead atoms. The van der Waals surface area contributed by atoms with E-state index in [0.29, 0.717) is 25.9 Å². The Hall–Kier alpha value is -2.37. The second-order valence-electron chi connectivity index (χ2n) is 7.80. The van der Waals surface area contributed by atoms with Crippen molar-refractivity contribution >= 4 is 17.8 Å². The number of carbonyl (C=O) groups excluding carboxylic acids is 2. The number of carboxylic acids is 1. The molecule has 1 unspecified atom stereocenters. The molecule has 2 N–H and O–H groups in total. The summed E-state index contributed by atoms with van der Waals surface area (Å²) in [4.78, 5) is 38.5. The van der Waals surface area contributed by atoms with Crippen LogP contribution in [0.4, 0.5) is 0 Å². The molecule has 1 aliphatic heterocycles. The smallest absolute Gasteiger partial charge is 0.314 e. The van der Waals surface area contributed by atoms with Crippen molar-refractivity contribution in [1.29, 1.82) is 0 Å². The van der Waals surface area contributed by atoms with Crippen LogP contribution in [0.3, 0.4) is 0 Å². The highest BCUT2D eigenvalue weighted by Gasteiger charge is 2.45. The number of piperidine rings is 1. The van der Waals surface area contributed by atoms with Crippen molar-refractivity contribution in [3.63, 3.8) is 0 Å². The van der Waals surface area contributed by atoms with E-state index >= 15 is 0 Å². The minimum Gasteiger partial charge on any atom is -0.481 e. The van der Waals surface area contributed by atoms with E-state index in [9.17, 15) is 19.5 Å². The lowest BCUT2D eigenvalue weighted by Gasteiger charge is -2.41. The highest BCUT2D eigenvalue weighted by molar-refractivity contribution is 5.88. The summed E-state index contributed by atoms with van der Waals surface area (Å²) in [6, 6.07) is 8.79. The maximum Gasteiger partial charge on any atom is 0.314 e. The van der Waals surface area contributed by atoms with Gasteiger partial charge in [-0.15, -0.1) is 0 Å². The van der Waals surface area contributed by atoms with E-state index in [1.54, 1.807) is 4.90 Å². The molecule has 2 aliphatic rings. The van der Waals surface area contributed by atoms with Gasteiger partial charge in [0.05, 0.1) is 5.41 Å². The van der Waals surface area contributed by atoms with E-state index in [-0.39, 0.29) is 17.7 Å². The van der Waals surface area contributed by atoms with Gasteiger partial charge in [0, 0.05) is 20.0 Å². The van der Waals surface area contributed by atoms with Gasteiger partial charge in [-0.05, 0) is 37.2 Å². The molecule has 1 atom stereocenters. The fraction of sp³-hybridized carbons (Fsp3) is 0.571. The number of benzene rings is 1. The molecule has 1 aromatic rings. The Bertz CT molecular complexity index is 689. The van der Waals surface area contributed by atoms with Crippen LogP contribution < -0.4 is 5.32 Å². The van der Waals surface area contributed by atoms with Crippen LogP contribution in [0, 0.1) is 5.92 Å². The number of aliphatic carboxylic acids is 1. The van der Waals surface area contributed by atoms with Crippen molar-refractivity contribution in [3.05, 3.63) is 35.9 Å². The molecule has 0 spiro atoms. The third-order valence-electron chi connectivity index (χ3n) is 6.16. The summed E-state index contributed by atoms with van der Waals surface area (Å²) in [5, 5.41) is 12.8. The first-order chi connectivity index (χ1) is 12.9. The molecular formula is C21H28N2O4. The number of rotatable bonds is 5. The molecule has 1 aromatic carbocycles. The van der Waals surface area contributed by atoms with Crippen LogP contribution in [-0.2, 0) is 19.8 Å². The minimum absolute atomic E-state index is 0.0656. The monoisotopic (exact) mass is 372 g/mol. The van der Waals surface area contributed by atoms with Crippen molar-refractivity contribution in [2.75, 3.05) is 13.1 Å². The number of hydrogen-bond donors (Lipinski definition) is 2. The predicted molar refractivity (Wildman–Crippen MR) is 101 cm³/mol. The highest BCUT2D eigenvalue weighted by atomic mass is 16.4. The quantitative estimate of drug-likeness (QED) is 0.830. The minimum atomic E-state index is -0.950. The second kappa shape index (κ2) is 8.11. The average Bonchev–Trinajstić information content (AvgIpc) is 3.20. The van der Waals surface area contributed by atoms with Crippen molar-refractivity contribution in [1.82, 2.24) is 10.2 Å². The maximum absolute atomic E-state index is 13.1. The molecule has 27 heavy (non-hydrogen) atoms. The van der Waals surface area contributed by atoms with Gasteiger partial charge in [-0.1, -0.05) is 43.2 Å². The summed E-state index contributed by atoms with van der Waals surface area (Å²) < 4.78 is 0. The van der Waals surface area contributed by atoms with E-state index in [1.807, 2.05) is 30.3 Å². The van der Waals surface area contributed by atoms with Gasteiger partial charge >= 0.3 is 5.97 Å². The van der Waals surface area contributed by atoms with Gasteiger partial charge in [0.25, 0.3) is 0 Å². The third kappa shape index (κ3) is 3.99. The SMILES string of the molecule is CC(=O)NC(C(=O)N1CCC(C(=O)O)(c2ccccc2)CC1)C1CCCC1. The van der Waals surface area contributed by atoms with Crippen LogP contribution in [0.1, 0.15) is 51.0 Å². The lowest BCUT2D eigenvalue weighted by atomic mass is 9.72. The van der Waals surface area contributed by atoms with Crippen LogP contribution in [-0.4, -0.2) is 46.9 Å². The van der Waals surface area contributed by atoms with Gasteiger partial charge < -0.3 is 15.3 Å². The normalized spacial score (nSPS) is 20.9. The van der Waals surface area contributed by atoms with Crippen molar-refractivity contribution in [2.45, 2.75) is 56.9 Å². The Balaban J connectivity index is 1.73. The molecule has 6 nitrogen and oxygen atoms in total. The molecule has 0 aromatic heterocycles. The van der Waals surface area contributed by atoms with Crippen LogP contribution in [0.25, 0.3) is 0 Å². The molecule has 146 valence electrons. The zero-order valence-corrected chi connectivity index (χ0v) is 15.8. The Kier molecular flexibility index (Phi) is 5.82. The molecule has 1 saturated heterocycles. The maximum atomic E-state index is 13.1. The summed E-state index contributed by atoms with van der Waals surface area (Å²) in [5.41, 5.74) is -0.159. The van der Waals surface area contributed by atoms with Gasteiger partial charge in [0.1, 0.15) is 6.04 Å². The zero-order chi connectivity index (χ0) is 19.4. The molecule has 3 rings (SSSR count). The van der Waals surface area contributed by atoms with Crippen LogP contribution in [0.15, 0.2) is 30.3 Å². The van der Waals surface area contributed by atoms with E-state index in [0.717, 1.165) is 31.2 Å². The van der Waals surface area contributed by atoms with Gasteiger partial charge in [-0.25, -0.2) is 0 Å². The fourth-order valence-corrected chi connectivity index (χ4v) is 4.58. The lowest BCUT2D eigenvalue weighted by molar-refractivity contribution is -0.149. The first-order valence-corrected chi connectivity index (χ1v) is 9.79. The van der Waals surface area contributed by atoms with E-state index in [1.165, 1.54) is 6.92 Å². The largest absolute Gasteiger partial charge is 0.481 e. The molecule has 2 fully saturated rings. The number of likely N-dealkylation sites (tertiary alicyclic amines) is 1. The summed E-state index contributed by atoms with van der Waals surface area (Å²) in [5.74, 6) is -0.915. The van der Waals surface area contributed by atoms with E-state index in [4.69, 9.17) is 0 Å². The number of carbonyl (C=O) groups is 3. The molecule has 1 saturated carbocycles. The Morgan fingerprint density at radius 1 is 1.11 bits per heavy atom. The lowest BCUT2D eigenvalue weighted by Crippen LogP contribution is -2.56. The van der Waals surface area contributed by atoms with Gasteiger partial charge in [0.15, 0.2) is 0 Å². The molecule has 0 radical (unpaired) electrons. The average molecular weight is 372 g/mol. The zero-order valence-electron chi connectivity index (χ0n) is 15.8. The van der Waals surface area contributed by atoms with Gasteiger partial charge in [-0.3, -0.25) is 14.4 Å². The number of carboxylic acid groups (broad SMARTS) is 1. The topological polar surface area (TPSA) is 86.7 Å². The molecule has 2 amide bonds. The Labute approximate surface area is 159 Å². The van der Waals surface area contributed by atoms with Crippen molar-refractivity contribution in [3.8, 4) is 0 Å². The van der Waals surface area contributed by atoms with E-state index in [2.05, 4.69) is 5.32 Å². The molecule has 6 heteroatoms. The van der Waals surface area contributed by atoms with Crippen molar-refractivity contribution in [2.24, 2.45) is 5.92 Å². The molecule has 1 aliphatic carbocycles. The Morgan fingerprint density at radius 2 is 1.70 bits per heavy atom. The standard InChI is InChI=1S/C21H28N2O4/c1-15(24)22-18(16-7-5-6-8-16)19(25)23-13-11-21(12-14-23,20(26)27)17-9-3-2-4-10-17/h2-4,9-10,16,18H,5-8,11-14H2,1H3,(H,22,24)(H,26,27).